The van der Waals surface area contributed by atoms with Crippen LogP contribution in [0.4, 0.5) is 4.39 Å². The molecule has 5 heteroatoms. The molecule has 0 saturated carbocycles. The first-order chi connectivity index (χ1) is 9.49. The number of halogens is 2. The molecule has 0 radical (unpaired) electrons. The number of nitrogens with zero attached hydrogens (tertiary/aromatic N) is 1. The number of phenols is 1. The summed E-state index contributed by atoms with van der Waals surface area (Å²) < 4.78 is 13.6. The van der Waals surface area contributed by atoms with Crippen LogP contribution in [0.5, 0.6) is 5.75 Å². The Bertz CT molecular complexity index is 646. The zero-order valence-corrected chi connectivity index (χ0v) is 11.6. The lowest BCUT2D eigenvalue weighted by molar-refractivity contribution is 0.0780. The van der Waals surface area contributed by atoms with E-state index in [1.165, 1.54) is 17.0 Å². The van der Waals surface area contributed by atoms with Crippen molar-refractivity contribution in [3.05, 3.63) is 64.4 Å². The van der Waals surface area contributed by atoms with Gasteiger partial charge in [-0.05, 0) is 23.8 Å². The maximum Gasteiger partial charge on any atom is 0.256 e. The molecule has 3 nitrogen and oxygen atoms in total. The number of carbonyl (C=O) groups excluding carboxylic acids is 1. The van der Waals surface area contributed by atoms with Crippen LogP contribution < -0.4 is 0 Å². The Morgan fingerprint density at radius 3 is 2.65 bits per heavy atom. The van der Waals surface area contributed by atoms with Crippen molar-refractivity contribution >= 4 is 17.5 Å². The Balaban J connectivity index is 2.19. The summed E-state index contributed by atoms with van der Waals surface area (Å²) in [6, 6.07) is 10.6. The first kappa shape index (κ1) is 14.3. The van der Waals surface area contributed by atoms with E-state index < -0.39 is 11.7 Å². The Hall–Kier alpha value is -2.07. The summed E-state index contributed by atoms with van der Waals surface area (Å²) in [6.07, 6.45) is 0. The van der Waals surface area contributed by atoms with E-state index in [1.54, 1.807) is 25.2 Å². The van der Waals surface area contributed by atoms with Gasteiger partial charge in [-0.1, -0.05) is 29.8 Å². The third-order valence-electron chi connectivity index (χ3n) is 2.90. The molecular formula is C15H13ClFNO2. The Morgan fingerprint density at radius 2 is 2.00 bits per heavy atom. The average molecular weight is 294 g/mol. The zero-order valence-electron chi connectivity index (χ0n) is 10.8. The van der Waals surface area contributed by atoms with Gasteiger partial charge in [-0.15, -0.1) is 0 Å². The maximum atomic E-state index is 13.6. The van der Waals surface area contributed by atoms with E-state index in [0.717, 1.165) is 11.6 Å². The highest BCUT2D eigenvalue weighted by Gasteiger charge is 2.17. The number of carbonyl (C=O) groups is 1. The number of amides is 1. The van der Waals surface area contributed by atoms with Crippen molar-refractivity contribution in [3.63, 3.8) is 0 Å². The predicted octanol–water partition coefficient (Wildman–Crippen LogP) is 3.46. The number of hydrogen-bond acceptors (Lipinski definition) is 2. The zero-order chi connectivity index (χ0) is 14.7. The van der Waals surface area contributed by atoms with Gasteiger partial charge in [-0.2, -0.15) is 0 Å². The number of benzene rings is 2. The summed E-state index contributed by atoms with van der Waals surface area (Å²) in [4.78, 5) is 13.5. The molecule has 0 aliphatic carbocycles. The normalized spacial score (nSPS) is 10.3. The van der Waals surface area contributed by atoms with Crippen LogP contribution in [0.3, 0.4) is 0 Å². The summed E-state index contributed by atoms with van der Waals surface area (Å²) in [5, 5.41) is 9.70. The van der Waals surface area contributed by atoms with Crippen LogP contribution in [0.25, 0.3) is 0 Å². The fourth-order valence-corrected chi connectivity index (χ4v) is 2.03. The molecule has 0 spiro atoms. The van der Waals surface area contributed by atoms with Gasteiger partial charge >= 0.3 is 0 Å². The van der Waals surface area contributed by atoms with Gasteiger partial charge in [0.1, 0.15) is 11.6 Å². The Labute approximate surface area is 121 Å². The molecule has 0 aromatic heterocycles. The highest BCUT2D eigenvalue weighted by atomic mass is 35.5. The standard InChI is InChI=1S/C15H13ClFNO2/c1-18(9-10-4-2-3-5-13(10)16)15(20)12-7-6-11(19)8-14(12)17/h2-8,19H,9H2,1H3. The third kappa shape index (κ3) is 3.08. The summed E-state index contributed by atoms with van der Waals surface area (Å²) in [5.74, 6) is -1.43. The largest absolute Gasteiger partial charge is 0.508 e. The lowest BCUT2D eigenvalue weighted by Crippen LogP contribution is -2.27. The number of rotatable bonds is 3. The molecule has 0 bridgehead atoms. The van der Waals surface area contributed by atoms with Gasteiger partial charge in [0.05, 0.1) is 5.56 Å². The molecule has 0 aliphatic rings. The van der Waals surface area contributed by atoms with Gasteiger partial charge in [0.15, 0.2) is 0 Å². The van der Waals surface area contributed by atoms with Gasteiger partial charge < -0.3 is 10.0 Å². The van der Waals surface area contributed by atoms with Crippen LogP contribution in [-0.4, -0.2) is 23.0 Å². The van der Waals surface area contributed by atoms with Gasteiger partial charge in [0.25, 0.3) is 5.91 Å². The fraction of sp³-hybridized carbons (Fsp3) is 0.133. The summed E-state index contributed by atoms with van der Waals surface area (Å²) in [5.41, 5.74) is 0.696. The van der Waals surface area contributed by atoms with Crippen molar-refractivity contribution in [2.24, 2.45) is 0 Å². The minimum absolute atomic E-state index is 0.0858. The van der Waals surface area contributed by atoms with Crippen molar-refractivity contribution in [2.45, 2.75) is 6.54 Å². The van der Waals surface area contributed by atoms with Crippen molar-refractivity contribution < 1.29 is 14.3 Å². The quantitative estimate of drug-likeness (QED) is 0.941. The minimum atomic E-state index is -0.749. The second kappa shape index (κ2) is 5.92. The second-order valence-corrected chi connectivity index (χ2v) is 4.82. The van der Waals surface area contributed by atoms with Crippen LogP contribution in [-0.2, 0) is 6.54 Å². The molecule has 104 valence electrons. The van der Waals surface area contributed by atoms with Gasteiger partial charge in [-0.3, -0.25) is 4.79 Å². The van der Waals surface area contributed by atoms with Crippen LogP contribution in [0.15, 0.2) is 42.5 Å². The molecule has 1 N–H and O–H groups in total. The van der Waals surface area contributed by atoms with E-state index in [1.807, 2.05) is 6.07 Å². The van der Waals surface area contributed by atoms with Gasteiger partial charge in [0, 0.05) is 24.7 Å². The van der Waals surface area contributed by atoms with Crippen LogP contribution in [0.2, 0.25) is 5.02 Å². The van der Waals surface area contributed by atoms with E-state index in [-0.39, 0.29) is 17.9 Å². The summed E-state index contributed by atoms with van der Waals surface area (Å²) in [7, 11) is 1.57. The maximum absolute atomic E-state index is 13.6. The monoisotopic (exact) mass is 293 g/mol. The molecular weight excluding hydrogens is 281 g/mol. The predicted molar refractivity (Wildman–Crippen MR) is 75.3 cm³/mol. The van der Waals surface area contributed by atoms with Crippen molar-refractivity contribution in [3.8, 4) is 5.75 Å². The van der Waals surface area contributed by atoms with E-state index >= 15 is 0 Å². The number of hydrogen-bond donors (Lipinski definition) is 1. The molecule has 0 atom stereocenters. The first-order valence-electron chi connectivity index (χ1n) is 5.96. The van der Waals surface area contributed by atoms with Crippen molar-refractivity contribution in [1.29, 1.82) is 0 Å². The summed E-state index contributed by atoms with van der Waals surface area (Å²) >= 11 is 6.03. The first-order valence-corrected chi connectivity index (χ1v) is 6.34. The Morgan fingerprint density at radius 1 is 1.30 bits per heavy atom. The Kier molecular flexibility index (Phi) is 4.25. The molecule has 0 unspecified atom stereocenters. The fourth-order valence-electron chi connectivity index (χ4n) is 1.84. The SMILES string of the molecule is CN(Cc1ccccc1Cl)C(=O)c1ccc(O)cc1F. The number of phenolic OH excluding ortho intramolecular Hbond substituents is 1. The molecule has 1 amide bonds. The molecule has 0 heterocycles. The molecule has 0 fully saturated rings. The van der Waals surface area contributed by atoms with E-state index in [0.29, 0.717) is 5.02 Å². The molecule has 0 saturated heterocycles. The lowest BCUT2D eigenvalue weighted by atomic mass is 10.1. The molecule has 2 aromatic rings. The van der Waals surface area contributed by atoms with Crippen LogP contribution in [0.1, 0.15) is 15.9 Å². The van der Waals surface area contributed by atoms with E-state index in [4.69, 9.17) is 16.7 Å². The van der Waals surface area contributed by atoms with Gasteiger partial charge in [0.2, 0.25) is 0 Å². The molecule has 2 aromatic carbocycles. The third-order valence-corrected chi connectivity index (χ3v) is 3.26. The van der Waals surface area contributed by atoms with Gasteiger partial charge in [-0.25, -0.2) is 4.39 Å². The van der Waals surface area contributed by atoms with Crippen molar-refractivity contribution in [2.75, 3.05) is 7.05 Å². The van der Waals surface area contributed by atoms with Crippen LogP contribution in [0, 0.1) is 5.82 Å². The molecule has 0 aliphatic heterocycles. The highest BCUT2D eigenvalue weighted by molar-refractivity contribution is 6.31. The molecule has 20 heavy (non-hydrogen) atoms. The van der Waals surface area contributed by atoms with E-state index in [9.17, 15) is 9.18 Å². The molecule has 2 rings (SSSR count). The lowest BCUT2D eigenvalue weighted by Gasteiger charge is -2.18. The van der Waals surface area contributed by atoms with Crippen molar-refractivity contribution in [1.82, 2.24) is 4.90 Å². The topological polar surface area (TPSA) is 40.5 Å². The van der Waals surface area contributed by atoms with E-state index in [2.05, 4.69) is 0 Å². The summed E-state index contributed by atoms with van der Waals surface area (Å²) in [6.45, 7) is 0.277. The average Bonchev–Trinajstić information content (AvgIpc) is 2.40. The second-order valence-electron chi connectivity index (χ2n) is 4.42. The minimum Gasteiger partial charge on any atom is -0.508 e. The highest BCUT2D eigenvalue weighted by Crippen LogP contribution is 2.20. The smallest absolute Gasteiger partial charge is 0.256 e. The van der Waals surface area contributed by atoms with Crippen LogP contribution >= 0.6 is 11.6 Å². The number of aromatic hydroxyl groups is 1.